The molecule has 3 aromatic rings. The van der Waals surface area contributed by atoms with Crippen LogP contribution in [0.1, 0.15) is 18.1 Å². The number of amides is 1. The van der Waals surface area contributed by atoms with E-state index in [4.69, 9.17) is 0 Å². The van der Waals surface area contributed by atoms with Crippen molar-refractivity contribution >= 4 is 46.5 Å². The van der Waals surface area contributed by atoms with Gasteiger partial charge in [-0.2, -0.15) is 5.10 Å². The third-order valence-corrected chi connectivity index (χ3v) is 6.63. The molecule has 6 nitrogen and oxygen atoms in total. The van der Waals surface area contributed by atoms with Gasteiger partial charge in [0.2, 0.25) is 0 Å². The van der Waals surface area contributed by atoms with E-state index in [-0.39, 0.29) is 11.7 Å². The van der Waals surface area contributed by atoms with Crippen molar-refractivity contribution in [2.75, 3.05) is 5.75 Å². The zero-order valence-corrected chi connectivity index (χ0v) is 17.0. The standard InChI is InChI=1S/C18H17N5OS3/c1-13(15-7-9-19-10-8-15)20-21-16(24)12-26-18-23-22-17(27-18)25-11-14-5-3-2-4-6-14/h2-10H,11-12H2,1H3,(H,21,24). The number of nitrogens with one attached hydrogen (secondary N) is 1. The summed E-state index contributed by atoms with van der Waals surface area (Å²) < 4.78 is 1.67. The lowest BCUT2D eigenvalue weighted by Gasteiger charge is -2.01. The molecule has 0 unspecified atom stereocenters. The van der Waals surface area contributed by atoms with Gasteiger partial charge in [0.25, 0.3) is 5.91 Å². The number of pyridine rings is 1. The topological polar surface area (TPSA) is 80.1 Å². The fourth-order valence-corrected chi connectivity index (χ4v) is 4.76. The van der Waals surface area contributed by atoms with Gasteiger partial charge in [-0.3, -0.25) is 9.78 Å². The fourth-order valence-electron chi connectivity index (χ4n) is 2.00. The zero-order valence-electron chi connectivity index (χ0n) is 14.5. The SMILES string of the molecule is CC(=NNC(=O)CSc1nnc(SCc2ccccc2)s1)c1ccncc1. The van der Waals surface area contributed by atoms with Crippen LogP contribution < -0.4 is 5.43 Å². The molecule has 2 aromatic heterocycles. The third kappa shape index (κ3) is 6.46. The maximum Gasteiger partial charge on any atom is 0.250 e. The molecule has 138 valence electrons. The normalized spacial score (nSPS) is 11.4. The van der Waals surface area contributed by atoms with Gasteiger partial charge in [-0.05, 0) is 24.6 Å². The molecule has 0 aliphatic carbocycles. The minimum Gasteiger partial charge on any atom is -0.272 e. The van der Waals surface area contributed by atoms with Crippen LogP contribution in [0.15, 0.2) is 68.6 Å². The minimum absolute atomic E-state index is 0.179. The van der Waals surface area contributed by atoms with Crippen molar-refractivity contribution in [1.29, 1.82) is 0 Å². The number of benzene rings is 1. The average molecular weight is 416 g/mol. The highest BCUT2D eigenvalue weighted by Gasteiger charge is 2.09. The van der Waals surface area contributed by atoms with Crippen molar-refractivity contribution < 1.29 is 4.79 Å². The summed E-state index contributed by atoms with van der Waals surface area (Å²) in [5.41, 5.74) is 5.45. The maximum atomic E-state index is 12.0. The highest BCUT2D eigenvalue weighted by atomic mass is 32.2. The second kappa shape index (κ2) is 10.2. The summed E-state index contributed by atoms with van der Waals surface area (Å²) in [6, 6.07) is 13.9. The number of carbonyl (C=O) groups is 1. The lowest BCUT2D eigenvalue weighted by atomic mass is 10.2. The van der Waals surface area contributed by atoms with Crippen LogP contribution in [-0.2, 0) is 10.5 Å². The van der Waals surface area contributed by atoms with Gasteiger partial charge in [-0.15, -0.1) is 10.2 Å². The van der Waals surface area contributed by atoms with Crippen molar-refractivity contribution in [3.63, 3.8) is 0 Å². The van der Waals surface area contributed by atoms with Crippen LogP contribution >= 0.6 is 34.9 Å². The van der Waals surface area contributed by atoms with Crippen molar-refractivity contribution in [2.45, 2.75) is 21.4 Å². The third-order valence-electron chi connectivity index (χ3n) is 3.37. The van der Waals surface area contributed by atoms with E-state index in [9.17, 15) is 4.79 Å². The Hall–Kier alpha value is -2.23. The van der Waals surface area contributed by atoms with Gasteiger partial charge in [0, 0.05) is 23.7 Å². The van der Waals surface area contributed by atoms with E-state index in [1.54, 1.807) is 24.2 Å². The lowest BCUT2D eigenvalue weighted by molar-refractivity contribution is -0.118. The van der Waals surface area contributed by atoms with Crippen LogP contribution in [0.2, 0.25) is 0 Å². The average Bonchev–Trinajstić information content (AvgIpc) is 3.18. The van der Waals surface area contributed by atoms with Crippen molar-refractivity contribution in [3.8, 4) is 0 Å². The highest BCUT2D eigenvalue weighted by molar-refractivity contribution is 8.03. The molecule has 0 saturated carbocycles. The molecule has 27 heavy (non-hydrogen) atoms. The van der Waals surface area contributed by atoms with Gasteiger partial charge in [0.05, 0.1) is 11.5 Å². The first-order chi connectivity index (χ1) is 13.2. The number of hydrazone groups is 1. The Morgan fingerprint density at radius 1 is 1.07 bits per heavy atom. The molecule has 1 amide bonds. The quantitative estimate of drug-likeness (QED) is 0.342. The summed E-state index contributed by atoms with van der Waals surface area (Å²) in [6.07, 6.45) is 3.38. The number of thioether (sulfide) groups is 2. The Bertz CT molecular complexity index is 900. The molecular weight excluding hydrogens is 398 g/mol. The first kappa shape index (κ1) is 19.5. The summed E-state index contributed by atoms with van der Waals surface area (Å²) in [5.74, 6) is 0.913. The summed E-state index contributed by atoms with van der Waals surface area (Å²) in [5, 5.41) is 12.4. The second-order valence-corrected chi connectivity index (χ2v) is 8.79. The summed E-state index contributed by atoms with van der Waals surface area (Å²) >= 11 is 4.50. The maximum absolute atomic E-state index is 12.0. The number of rotatable bonds is 8. The number of hydrogen-bond acceptors (Lipinski definition) is 8. The molecule has 2 heterocycles. The summed E-state index contributed by atoms with van der Waals surface area (Å²) in [7, 11) is 0. The number of carbonyl (C=O) groups excluding carboxylic acids is 1. The van der Waals surface area contributed by atoms with E-state index in [0.717, 1.165) is 25.7 Å². The van der Waals surface area contributed by atoms with Gasteiger partial charge in [-0.25, -0.2) is 5.43 Å². The lowest BCUT2D eigenvalue weighted by Crippen LogP contribution is -2.21. The molecule has 3 rings (SSSR count). The van der Waals surface area contributed by atoms with Gasteiger partial charge in [-0.1, -0.05) is 65.2 Å². The zero-order chi connectivity index (χ0) is 18.9. The van der Waals surface area contributed by atoms with Crippen LogP contribution in [0.25, 0.3) is 0 Å². The van der Waals surface area contributed by atoms with Crippen LogP contribution in [0.5, 0.6) is 0 Å². The van der Waals surface area contributed by atoms with Crippen LogP contribution in [0, 0.1) is 0 Å². The van der Waals surface area contributed by atoms with E-state index in [2.05, 4.69) is 37.8 Å². The van der Waals surface area contributed by atoms with Crippen molar-refractivity contribution in [2.24, 2.45) is 5.10 Å². The molecule has 1 aromatic carbocycles. The highest BCUT2D eigenvalue weighted by Crippen LogP contribution is 2.30. The predicted molar refractivity (Wildman–Crippen MR) is 111 cm³/mol. The molecule has 9 heteroatoms. The molecule has 0 saturated heterocycles. The van der Waals surface area contributed by atoms with Gasteiger partial charge >= 0.3 is 0 Å². The minimum atomic E-state index is -0.179. The van der Waals surface area contributed by atoms with Crippen molar-refractivity contribution in [1.82, 2.24) is 20.6 Å². The molecule has 0 radical (unpaired) electrons. The van der Waals surface area contributed by atoms with Gasteiger partial charge in [0.1, 0.15) is 0 Å². The number of hydrogen-bond donors (Lipinski definition) is 1. The first-order valence-electron chi connectivity index (χ1n) is 8.07. The molecule has 0 aliphatic heterocycles. The van der Waals surface area contributed by atoms with Gasteiger partial charge in [0.15, 0.2) is 8.68 Å². The Balaban J connectivity index is 1.43. The largest absolute Gasteiger partial charge is 0.272 e. The monoisotopic (exact) mass is 415 g/mol. The van der Waals surface area contributed by atoms with Crippen molar-refractivity contribution in [3.05, 3.63) is 66.0 Å². The van der Waals surface area contributed by atoms with E-state index >= 15 is 0 Å². The number of nitrogens with zero attached hydrogens (tertiary/aromatic N) is 4. The van der Waals surface area contributed by atoms with E-state index in [1.807, 2.05) is 37.3 Å². The van der Waals surface area contributed by atoms with Crippen LogP contribution in [0.3, 0.4) is 0 Å². The smallest absolute Gasteiger partial charge is 0.250 e. The Morgan fingerprint density at radius 2 is 1.78 bits per heavy atom. The molecule has 0 spiro atoms. The Morgan fingerprint density at radius 3 is 2.52 bits per heavy atom. The summed E-state index contributed by atoms with van der Waals surface area (Å²) in [4.78, 5) is 15.9. The predicted octanol–water partition coefficient (Wildman–Crippen LogP) is 3.86. The molecular formula is C18H17N5OS3. The Labute approximate surface area is 169 Å². The number of aromatic nitrogens is 3. The molecule has 0 atom stereocenters. The molecule has 0 fully saturated rings. The van der Waals surface area contributed by atoms with E-state index in [0.29, 0.717) is 0 Å². The van der Waals surface area contributed by atoms with E-state index in [1.165, 1.54) is 28.7 Å². The second-order valence-electron chi connectivity index (χ2n) is 5.36. The van der Waals surface area contributed by atoms with Crippen LogP contribution in [0.4, 0.5) is 0 Å². The Kier molecular flexibility index (Phi) is 7.37. The van der Waals surface area contributed by atoms with E-state index < -0.39 is 0 Å². The molecule has 0 bridgehead atoms. The molecule has 1 N–H and O–H groups in total. The fraction of sp³-hybridized carbons (Fsp3) is 0.167. The van der Waals surface area contributed by atoms with Crippen LogP contribution in [-0.4, -0.2) is 32.6 Å². The molecule has 0 aliphatic rings. The van der Waals surface area contributed by atoms with Gasteiger partial charge < -0.3 is 0 Å². The summed E-state index contributed by atoms with van der Waals surface area (Å²) in [6.45, 7) is 1.84. The first-order valence-corrected chi connectivity index (χ1v) is 10.9.